The van der Waals surface area contributed by atoms with Crippen molar-refractivity contribution >= 4 is 33.9 Å². The van der Waals surface area contributed by atoms with Crippen LogP contribution in [0.25, 0.3) is 0 Å². The summed E-state index contributed by atoms with van der Waals surface area (Å²) in [4.78, 5) is 46.4. The van der Waals surface area contributed by atoms with E-state index in [-0.39, 0.29) is 26.9 Å². The summed E-state index contributed by atoms with van der Waals surface area (Å²) in [6.45, 7) is 5.51. The summed E-state index contributed by atoms with van der Waals surface area (Å²) >= 11 is 0. The number of imide groups is 1. The minimum absolute atomic E-state index is 0.0138. The number of esters is 1. The number of carbonyl (C=O) groups is 4. The standard InChI is InChI=1S/C18H19NO9S/c1-9-10(2)16(21)19(15(9)20)28-29(25,26)14-7-5-13(6-8-14)27-18(24)12(4)11(3)17(22)23/h5-8,11-12H,1-4H3,(H,22,23). The van der Waals surface area contributed by atoms with Gasteiger partial charge in [0.15, 0.2) is 0 Å². The molecule has 1 heterocycles. The van der Waals surface area contributed by atoms with E-state index in [9.17, 15) is 27.6 Å². The summed E-state index contributed by atoms with van der Waals surface area (Å²) in [5.74, 6) is -5.60. The van der Waals surface area contributed by atoms with Crippen LogP contribution < -0.4 is 4.74 Å². The minimum atomic E-state index is -4.50. The summed E-state index contributed by atoms with van der Waals surface area (Å²) < 4.78 is 34.4. The maximum Gasteiger partial charge on any atom is 0.318 e. The number of hydrogen-bond acceptors (Lipinski definition) is 8. The van der Waals surface area contributed by atoms with Crippen LogP contribution in [0.1, 0.15) is 27.7 Å². The van der Waals surface area contributed by atoms with Gasteiger partial charge in [0.2, 0.25) is 0 Å². The van der Waals surface area contributed by atoms with Crippen LogP contribution in [0.3, 0.4) is 0 Å². The molecule has 2 amide bonds. The predicted molar refractivity (Wildman–Crippen MR) is 96.5 cm³/mol. The van der Waals surface area contributed by atoms with Gasteiger partial charge in [-0.3, -0.25) is 19.2 Å². The average Bonchev–Trinajstić information content (AvgIpc) is 2.84. The Balaban J connectivity index is 2.11. The Bertz CT molecular complexity index is 984. The molecule has 29 heavy (non-hydrogen) atoms. The van der Waals surface area contributed by atoms with Gasteiger partial charge in [0.05, 0.1) is 16.7 Å². The largest absolute Gasteiger partial charge is 0.481 e. The van der Waals surface area contributed by atoms with Crippen LogP contribution in [0.4, 0.5) is 0 Å². The van der Waals surface area contributed by atoms with Gasteiger partial charge in [-0.2, -0.15) is 8.42 Å². The lowest BCUT2D eigenvalue weighted by atomic mass is 9.96. The van der Waals surface area contributed by atoms with Crippen molar-refractivity contribution in [3.63, 3.8) is 0 Å². The number of carbonyl (C=O) groups excluding carboxylic acids is 3. The topological polar surface area (TPSA) is 144 Å². The van der Waals surface area contributed by atoms with Crippen molar-refractivity contribution in [2.24, 2.45) is 11.8 Å². The second kappa shape index (κ2) is 8.13. The second-order valence-corrected chi connectivity index (χ2v) is 8.02. The fourth-order valence-corrected chi connectivity index (χ4v) is 3.12. The zero-order valence-corrected chi connectivity index (χ0v) is 16.8. The van der Waals surface area contributed by atoms with Crippen LogP contribution in [0, 0.1) is 11.8 Å². The Labute approximate surface area is 166 Å². The number of carboxylic acids is 1. The van der Waals surface area contributed by atoms with Crippen LogP contribution >= 0.6 is 0 Å². The zero-order valence-electron chi connectivity index (χ0n) is 16.0. The fourth-order valence-electron chi connectivity index (χ4n) is 2.23. The first-order chi connectivity index (χ1) is 13.4. The molecule has 2 atom stereocenters. The van der Waals surface area contributed by atoms with Crippen molar-refractivity contribution in [2.45, 2.75) is 32.6 Å². The predicted octanol–water partition coefficient (Wildman–Crippen LogP) is 1.27. The molecule has 1 aromatic rings. The third-order valence-electron chi connectivity index (χ3n) is 4.59. The Hall–Kier alpha value is -3.05. The maximum atomic E-state index is 12.3. The van der Waals surface area contributed by atoms with E-state index < -0.39 is 45.7 Å². The highest BCUT2D eigenvalue weighted by Crippen LogP contribution is 2.25. The maximum absolute atomic E-state index is 12.3. The third-order valence-corrected chi connectivity index (χ3v) is 5.78. The van der Waals surface area contributed by atoms with Crippen molar-refractivity contribution in [1.82, 2.24) is 5.06 Å². The van der Waals surface area contributed by atoms with Gasteiger partial charge in [-0.15, -0.1) is 9.35 Å². The SMILES string of the molecule is CC1=C(C)C(=O)N(OS(=O)(=O)c2ccc(OC(=O)C(C)C(C)C(=O)O)cc2)C1=O. The molecule has 0 radical (unpaired) electrons. The quantitative estimate of drug-likeness (QED) is 0.388. The molecule has 2 rings (SSSR count). The van der Waals surface area contributed by atoms with E-state index in [1.807, 2.05) is 0 Å². The number of carboxylic acid groups (broad SMARTS) is 1. The third kappa shape index (κ3) is 4.51. The molecule has 2 unspecified atom stereocenters. The lowest BCUT2D eigenvalue weighted by Gasteiger charge is -2.15. The van der Waals surface area contributed by atoms with Gasteiger partial charge < -0.3 is 9.84 Å². The van der Waals surface area contributed by atoms with Crippen molar-refractivity contribution < 1.29 is 41.7 Å². The lowest BCUT2D eigenvalue weighted by molar-refractivity contribution is -0.162. The zero-order chi connectivity index (χ0) is 22.1. The highest BCUT2D eigenvalue weighted by molar-refractivity contribution is 7.86. The van der Waals surface area contributed by atoms with Gasteiger partial charge in [0.1, 0.15) is 5.75 Å². The van der Waals surface area contributed by atoms with Crippen molar-refractivity contribution in [3.05, 3.63) is 35.4 Å². The van der Waals surface area contributed by atoms with E-state index in [0.29, 0.717) is 0 Å². The van der Waals surface area contributed by atoms with Crippen LogP contribution in [0.2, 0.25) is 0 Å². The van der Waals surface area contributed by atoms with E-state index in [4.69, 9.17) is 9.84 Å². The number of aliphatic carboxylic acids is 1. The van der Waals surface area contributed by atoms with Crippen LogP contribution in [-0.4, -0.2) is 42.3 Å². The molecule has 0 aromatic heterocycles. The lowest BCUT2D eigenvalue weighted by Crippen LogP contribution is -2.34. The van der Waals surface area contributed by atoms with E-state index in [2.05, 4.69) is 4.28 Å². The molecular formula is C18H19NO9S. The van der Waals surface area contributed by atoms with E-state index >= 15 is 0 Å². The van der Waals surface area contributed by atoms with E-state index in [0.717, 1.165) is 24.3 Å². The van der Waals surface area contributed by atoms with Crippen LogP contribution in [-0.2, 0) is 33.6 Å². The van der Waals surface area contributed by atoms with Crippen molar-refractivity contribution in [2.75, 3.05) is 0 Å². The molecule has 10 nitrogen and oxygen atoms in total. The van der Waals surface area contributed by atoms with Crippen LogP contribution in [0.15, 0.2) is 40.3 Å². The number of rotatable bonds is 7. The van der Waals surface area contributed by atoms with Crippen molar-refractivity contribution in [1.29, 1.82) is 0 Å². The van der Waals surface area contributed by atoms with Gasteiger partial charge in [-0.25, -0.2) is 0 Å². The highest BCUT2D eigenvalue weighted by atomic mass is 32.2. The monoisotopic (exact) mass is 425 g/mol. The van der Waals surface area contributed by atoms with Gasteiger partial charge >= 0.3 is 22.1 Å². The summed E-state index contributed by atoms with van der Waals surface area (Å²) in [5.41, 5.74) is 0.161. The van der Waals surface area contributed by atoms with Gasteiger partial charge in [-0.1, -0.05) is 13.8 Å². The molecule has 1 aliphatic heterocycles. The number of benzene rings is 1. The molecule has 156 valence electrons. The number of ether oxygens (including phenoxy) is 1. The molecule has 0 saturated heterocycles. The average molecular weight is 425 g/mol. The fraction of sp³-hybridized carbons (Fsp3) is 0.333. The number of hydrogen-bond donors (Lipinski definition) is 1. The number of amides is 2. The smallest absolute Gasteiger partial charge is 0.318 e. The van der Waals surface area contributed by atoms with Gasteiger partial charge in [0.25, 0.3) is 11.8 Å². The van der Waals surface area contributed by atoms with Crippen LogP contribution in [0.5, 0.6) is 5.75 Å². The Kier molecular flexibility index (Phi) is 6.24. The summed E-state index contributed by atoms with van der Waals surface area (Å²) in [6.07, 6.45) is 0. The second-order valence-electron chi connectivity index (χ2n) is 6.49. The molecule has 0 fully saturated rings. The van der Waals surface area contributed by atoms with E-state index in [1.54, 1.807) is 0 Å². The molecule has 1 aliphatic rings. The molecular weight excluding hydrogens is 406 g/mol. The first-order valence-corrected chi connectivity index (χ1v) is 9.83. The molecule has 0 spiro atoms. The molecule has 11 heteroatoms. The molecule has 0 saturated carbocycles. The molecule has 0 bridgehead atoms. The summed E-state index contributed by atoms with van der Waals surface area (Å²) in [7, 11) is -4.50. The number of nitrogens with zero attached hydrogens (tertiary/aromatic N) is 1. The normalized spacial score (nSPS) is 16.8. The minimum Gasteiger partial charge on any atom is -0.481 e. The first kappa shape index (κ1) is 22.2. The Morgan fingerprint density at radius 3 is 1.90 bits per heavy atom. The molecule has 0 aliphatic carbocycles. The Morgan fingerprint density at radius 2 is 1.45 bits per heavy atom. The van der Waals surface area contributed by atoms with Gasteiger partial charge in [0, 0.05) is 11.1 Å². The highest BCUT2D eigenvalue weighted by Gasteiger charge is 2.38. The van der Waals surface area contributed by atoms with Crippen molar-refractivity contribution in [3.8, 4) is 5.75 Å². The summed E-state index contributed by atoms with van der Waals surface area (Å²) in [5, 5.41) is 9.11. The molecule has 1 N–H and O–H groups in total. The van der Waals surface area contributed by atoms with Gasteiger partial charge in [-0.05, 0) is 38.1 Å². The first-order valence-electron chi connectivity index (χ1n) is 8.42. The summed E-state index contributed by atoms with van der Waals surface area (Å²) in [6, 6.07) is 4.44. The molecule has 1 aromatic carbocycles. The number of hydroxylamine groups is 2. The van der Waals surface area contributed by atoms with E-state index in [1.165, 1.54) is 27.7 Å². The Morgan fingerprint density at radius 1 is 0.966 bits per heavy atom.